The van der Waals surface area contributed by atoms with Crippen LogP contribution in [0.1, 0.15) is 29.5 Å². The molecule has 2 aliphatic rings. The first kappa shape index (κ1) is 35.1. The van der Waals surface area contributed by atoms with Crippen LogP contribution in [0.15, 0.2) is 82.3 Å². The fraction of sp³-hybridized carbons (Fsp3) is 0.405. The van der Waals surface area contributed by atoms with Crippen LogP contribution in [0.4, 0.5) is 0 Å². The fourth-order valence-electron chi connectivity index (χ4n) is 5.54. The molecule has 0 bridgehead atoms. The molecular weight excluding hydrogens is 627 g/mol. The van der Waals surface area contributed by atoms with E-state index < -0.39 is 0 Å². The molecule has 1 saturated carbocycles. The van der Waals surface area contributed by atoms with Gasteiger partial charge in [0.1, 0.15) is 23.8 Å². The first-order valence-corrected chi connectivity index (χ1v) is 17.0. The van der Waals surface area contributed by atoms with Gasteiger partial charge in [0.15, 0.2) is 11.5 Å². The molecule has 0 unspecified atom stereocenters. The number of nitrogens with zero attached hydrogens (tertiary/aromatic N) is 4. The number of ether oxygens (including phenoxy) is 4. The Hall–Kier alpha value is -4.19. The predicted octanol–water partition coefficient (Wildman–Crippen LogP) is 5.40. The van der Waals surface area contributed by atoms with Crippen LogP contribution in [0.2, 0.25) is 0 Å². The highest BCUT2D eigenvalue weighted by atomic mass is 32.2. The summed E-state index contributed by atoms with van der Waals surface area (Å²) in [5.41, 5.74) is 9.97. The third kappa shape index (κ3) is 9.24. The molecule has 1 aliphatic carbocycles. The van der Waals surface area contributed by atoms with Gasteiger partial charge in [-0.15, -0.1) is 0 Å². The summed E-state index contributed by atoms with van der Waals surface area (Å²) >= 11 is 1.80. The molecule has 3 aromatic rings. The second kappa shape index (κ2) is 16.8. The smallest absolute Gasteiger partial charge is 0.272 e. The Labute approximate surface area is 288 Å². The molecule has 5 rings (SSSR count). The molecule has 256 valence electrons. The minimum Gasteiger partial charge on any atom is -0.497 e. The summed E-state index contributed by atoms with van der Waals surface area (Å²) in [6, 6.07) is 19.8. The van der Waals surface area contributed by atoms with Crippen molar-refractivity contribution in [2.24, 2.45) is 16.6 Å². The summed E-state index contributed by atoms with van der Waals surface area (Å²) in [7, 11) is 8.61. The molecule has 11 heteroatoms. The van der Waals surface area contributed by atoms with Crippen LogP contribution < -0.4 is 24.7 Å². The maximum atomic E-state index is 14.1. The number of rotatable bonds is 15. The molecular formula is C37H47N5O5S. The minimum atomic E-state index is -0.248. The molecule has 0 spiro atoms. The average Bonchev–Trinajstić information content (AvgIpc) is 3.97. The molecule has 1 amide bonds. The number of amides is 1. The summed E-state index contributed by atoms with van der Waals surface area (Å²) in [5.74, 6) is 2.52. The number of likely N-dealkylation sites (N-methyl/N-ethyl adjacent to an activating group) is 1. The van der Waals surface area contributed by atoms with Crippen molar-refractivity contribution >= 4 is 23.6 Å². The predicted molar refractivity (Wildman–Crippen MR) is 191 cm³/mol. The Balaban J connectivity index is 1.34. The molecule has 48 heavy (non-hydrogen) atoms. The third-order valence-corrected chi connectivity index (χ3v) is 9.70. The molecule has 1 aliphatic heterocycles. The maximum Gasteiger partial charge on any atom is 0.272 e. The van der Waals surface area contributed by atoms with Crippen molar-refractivity contribution in [1.29, 1.82) is 0 Å². The lowest BCUT2D eigenvalue weighted by molar-refractivity contribution is -0.125. The van der Waals surface area contributed by atoms with Crippen LogP contribution in [0.25, 0.3) is 0 Å². The molecule has 2 fully saturated rings. The van der Waals surface area contributed by atoms with Gasteiger partial charge in [0.05, 0.1) is 34.4 Å². The fourth-order valence-corrected chi connectivity index (χ4v) is 6.44. The van der Waals surface area contributed by atoms with Crippen molar-refractivity contribution in [3.63, 3.8) is 0 Å². The van der Waals surface area contributed by atoms with E-state index in [0.29, 0.717) is 46.9 Å². The van der Waals surface area contributed by atoms with Gasteiger partial charge in [0, 0.05) is 61.0 Å². The molecule has 2 N–H and O–H groups in total. The second-order valence-electron chi connectivity index (χ2n) is 12.1. The monoisotopic (exact) mass is 673 g/mol. The maximum absolute atomic E-state index is 14.1. The van der Waals surface area contributed by atoms with Gasteiger partial charge in [0.25, 0.3) is 5.91 Å². The highest BCUT2D eigenvalue weighted by Gasteiger charge is 2.27. The van der Waals surface area contributed by atoms with Crippen molar-refractivity contribution in [2.45, 2.75) is 37.4 Å². The number of benzene rings is 3. The molecule has 0 atom stereocenters. The van der Waals surface area contributed by atoms with Crippen LogP contribution in [0.5, 0.6) is 23.0 Å². The summed E-state index contributed by atoms with van der Waals surface area (Å²) in [6.07, 6.45) is 3.78. The van der Waals surface area contributed by atoms with E-state index in [2.05, 4.69) is 45.5 Å². The van der Waals surface area contributed by atoms with Crippen molar-refractivity contribution in [3.8, 4) is 23.0 Å². The van der Waals surface area contributed by atoms with Gasteiger partial charge in [-0.2, -0.15) is 0 Å². The Morgan fingerprint density at radius 2 is 1.67 bits per heavy atom. The van der Waals surface area contributed by atoms with E-state index in [1.54, 1.807) is 51.3 Å². The zero-order valence-corrected chi connectivity index (χ0v) is 29.4. The third-order valence-electron chi connectivity index (χ3n) is 8.60. The topological polar surface area (TPSA) is 102 Å². The molecule has 0 radical (unpaired) electrons. The van der Waals surface area contributed by atoms with Crippen LogP contribution in [0.3, 0.4) is 0 Å². The standard InChI is InChI=1S/C37H47N5O5S/c1-39-33(22-32(38)27-11-12-27)37(43)41(23-28-13-14-30(44-3)21-35(28)45-4)24-29-7-6-8-34(36(29)46-5)47-25-26-9-15-31(16-10-26)48-42-19-17-40(2)18-20-42/h6-10,13-16,21-22,27H,11-12,17-20,23-25,38H2,1-5H3. The number of nitrogens with two attached hydrogens (primary N) is 1. The lowest BCUT2D eigenvalue weighted by atomic mass is 10.1. The number of hydrogen-bond acceptors (Lipinski definition) is 10. The van der Waals surface area contributed by atoms with E-state index in [4.69, 9.17) is 24.7 Å². The SMILES string of the molecule is CN=C(C=C(N)C1CC1)C(=O)N(Cc1ccc(OC)cc1OC)Cc1cccc(OCc2ccc(SN3CCN(C)CC3)cc2)c1OC. The largest absolute Gasteiger partial charge is 0.497 e. The molecule has 1 heterocycles. The number of carbonyl (C=O) groups excluding carboxylic acids is 1. The summed E-state index contributed by atoms with van der Waals surface area (Å²) in [5, 5.41) is 0. The first-order valence-electron chi connectivity index (χ1n) is 16.2. The molecule has 0 aromatic heterocycles. The normalized spacial score (nSPS) is 16.0. The van der Waals surface area contributed by atoms with Crippen molar-refractivity contribution < 1.29 is 23.7 Å². The Kier molecular flexibility index (Phi) is 12.3. The van der Waals surface area contributed by atoms with Gasteiger partial charge in [-0.25, -0.2) is 4.31 Å². The van der Waals surface area contributed by atoms with E-state index in [1.165, 1.54) is 4.90 Å². The van der Waals surface area contributed by atoms with E-state index in [9.17, 15) is 4.79 Å². The highest BCUT2D eigenvalue weighted by molar-refractivity contribution is 7.97. The van der Waals surface area contributed by atoms with Gasteiger partial charge in [0.2, 0.25) is 0 Å². The average molecular weight is 674 g/mol. The quantitative estimate of drug-likeness (QED) is 0.168. The Morgan fingerprint density at radius 3 is 2.31 bits per heavy atom. The zero-order chi connectivity index (χ0) is 34.0. The van der Waals surface area contributed by atoms with E-state index in [-0.39, 0.29) is 19.0 Å². The summed E-state index contributed by atoms with van der Waals surface area (Å²) in [6.45, 7) is 5.15. The second-order valence-corrected chi connectivity index (χ2v) is 13.2. The number of para-hydroxylation sites is 1. The van der Waals surface area contributed by atoms with Gasteiger partial charge in [-0.1, -0.05) is 24.3 Å². The molecule has 1 saturated heterocycles. The van der Waals surface area contributed by atoms with Crippen molar-refractivity contribution in [2.75, 3.05) is 61.6 Å². The number of carbonyl (C=O) groups is 1. The number of allylic oxidation sites excluding steroid dienone is 1. The Morgan fingerprint density at radius 1 is 0.938 bits per heavy atom. The lowest BCUT2D eigenvalue weighted by Gasteiger charge is -2.31. The van der Waals surface area contributed by atoms with Gasteiger partial charge in [-0.05, 0) is 79.7 Å². The summed E-state index contributed by atoms with van der Waals surface area (Å²) in [4.78, 5) is 23.7. The zero-order valence-electron chi connectivity index (χ0n) is 28.6. The van der Waals surface area contributed by atoms with E-state index >= 15 is 0 Å². The van der Waals surface area contributed by atoms with Crippen LogP contribution >= 0.6 is 11.9 Å². The highest BCUT2D eigenvalue weighted by Crippen LogP contribution is 2.35. The van der Waals surface area contributed by atoms with Gasteiger partial charge in [-0.3, -0.25) is 9.79 Å². The van der Waals surface area contributed by atoms with E-state index in [0.717, 1.165) is 55.7 Å². The van der Waals surface area contributed by atoms with Crippen molar-refractivity contribution in [3.05, 3.63) is 89.1 Å². The number of hydrogen-bond donors (Lipinski definition) is 1. The first-order chi connectivity index (χ1) is 23.3. The van der Waals surface area contributed by atoms with Crippen LogP contribution in [0, 0.1) is 5.92 Å². The van der Waals surface area contributed by atoms with Crippen LogP contribution in [-0.2, 0) is 24.5 Å². The van der Waals surface area contributed by atoms with E-state index in [1.807, 2.05) is 36.4 Å². The van der Waals surface area contributed by atoms with Crippen molar-refractivity contribution in [1.82, 2.24) is 14.1 Å². The molecule has 3 aromatic carbocycles. The number of methoxy groups -OCH3 is 3. The lowest BCUT2D eigenvalue weighted by Crippen LogP contribution is -2.40. The number of piperazine rings is 1. The Bertz CT molecular complexity index is 1600. The van der Waals surface area contributed by atoms with Gasteiger partial charge >= 0.3 is 0 Å². The van der Waals surface area contributed by atoms with Gasteiger partial charge < -0.3 is 34.5 Å². The number of aliphatic imine (C=N–C) groups is 1. The minimum absolute atomic E-state index is 0.239. The molecule has 10 nitrogen and oxygen atoms in total. The summed E-state index contributed by atoms with van der Waals surface area (Å²) < 4.78 is 25.7. The van der Waals surface area contributed by atoms with Crippen LogP contribution in [-0.4, -0.2) is 87.3 Å².